The summed E-state index contributed by atoms with van der Waals surface area (Å²) < 4.78 is 16.2. The van der Waals surface area contributed by atoms with Gasteiger partial charge in [0.25, 0.3) is 5.91 Å². The second-order valence-electron chi connectivity index (χ2n) is 10.2. The first-order valence-corrected chi connectivity index (χ1v) is 13.3. The first kappa shape index (κ1) is 27.6. The van der Waals surface area contributed by atoms with E-state index in [9.17, 15) is 9.59 Å². The van der Waals surface area contributed by atoms with E-state index in [1.54, 1.807) is 31.2 Å². The number of methoxy groups -OCH3 is 3. The van der Waals surface area contributed by atoms with E-state index < -0.39 is 0 Å². The Morgan fingerprint density at radius 3 is 2.37 bits per heavy atom. The number of amides is 2. The van der Waals surface area contributed by atoms with Crippen LogP contribution in [-0.2, 0) is 14.3 Å². The van der Waals surface area contributed by atoms with Gasteiger partial charge >= 0.3 is 0 Å². The Labute approximate surface area is 225 Å². The molecule has 0 aromatic heterocycles. The van der Waals surface area contributed by atoms with Crippen molar-refractivity contribution in [2.45, 2.75) is 52.0 Å². The molecular weight excluding hydrogens is 482 g/mol. The second-order valence-corrected chi connectivity index (χ2v) is 10.2. The Bertz CT molecular complexity index is 1190. The van der Waals surface area contributed by atoms with Gasteiger partial charge in [-0.25, -0.2) is 5.01 Å². The van der Waals surface area contributed by atoms with Crippen molar-refractivity contribution >= 4 is 17.5 Å². The van der Waals surface area contributed by atoms with E-state index in [0.717, 1.165) is 42.5 Å². The number of benzene rings is 2. The van der Waals surface area contributed by atoms with Gasteiger partial charge in [0.05, 0.1) is 32.6 Å². The summed E-state index contributed by atoms with van der Waals surface area (Å²) in [4.78, 5) is 28.8. The van der Waals surface area contributed by atoms with Crippen LogP contribution >= 0.6 is 0 Å². The molecular formula is C30H39N3O5. The zero-order chi connectivity index (χ0) is 27.2. The second kappa shape index (κ2) is 12.4. The number of hydrazone groups is 1. The molecule has 0 bridgehead atoms. The van der Waals surface area contributed by atoms with Gasteiger partial charge < -0.3 is 19.1 Å². The maximum absolute atomic E-state index is 13.8. The van der Waals surface area contributed by atoms with E-state index >= 15 is 0 Å². The Morgan fingerprint density at radius 1 is 0.974 bits per heavy atom. The van der Waals surface area contributed by atoms with E-state index in [2.05, 4.69) is 32.0 Å². The lowest BCUT2D eigenvalue weighted by Crippen LogP contribution is -2.44. The highest BCUT2D eigenvalue weighted by atomic mass is 16.5. The largest absolute Gasteiger partial charge is 0.493 e. The number of rotatable bonds is 10. The minimum absolute atomic E-state index is 0.0190. The summed E-state index contributed by atoms with van der Waals surface area (Å²) in [5.74, 6) is 1.01. The maximum Gasteiger partial charge on any atom is 0.262 e. The van der Waals surface area contributed by atoms with Gasteiger partial charge in [-0.2, -0.15) is 5.10 Å². The maximum atomic E-state index is 13.8. The predicted octanol–water partition coefficient (Wildman–Crippen LogP) is 4.66. The number of hydrogen-bond donors (Lipinski definition) is 0. The number of carbonyl (C=O) groups excluding carboxylic acids is 2. The number of nitrogens with zero attached hydrogens (tertiary/aromatic N) is 3. The molecule has 204 valence electrons. The van der Waals surface area contributed by atoms with Crippen LogP contribution in [0.25, 0.3) is 0 Å². The lowest BCUT2D eigenvalue weighted by atomic mass is 9.96. The molecule has 38 heavy (non-hydrogen) atoms. The van der Waals surface area contributed by atoms with E-state index in [4.69, 9.17) is 19.3 Å². The molecule has 8 heteroatoms. The molecule has 0 N–H and O–H groups in total. The molecule has 1 atom stereocenters. The van der Waals surface area contributed by atoms with Crippen molar-refractivity contribution in [3.05, 3.63) is 58.7 Å². The fraction of sp³-hybridized carbons (Fsp3) is 0.500. The first-order valence-electron chi connectivity index (χ1n) is 13.3. The molecule has 2 aromatic rings. The molecule has 2 aliphatic rings. The summed E-state index contributed by atoms with van der Waals surface area (Å²) in [6.07, 6.45) is 4.42. The van der Waals surface area contributed by atoms with Crippen molar-refractivity contribution in [1.29, 1.82) is 0 Å². The molecule has 0 radical (unpaired) electrons. The molecule has 0 spiro atoms. The van der Waals surface area contributed by atoms with Crippen molar-refractivity contribution in [2.24, 2.45) is 11.0 Å². The number of ether oxygens (including phenoxy) is 3. The fourth-order valence-electron chi connectivity index (χ4n) is 5.29. The third-order valence-corrected chi connectivity index (χ3v) is 7.71. The van der Waals surface area contributed by atoms with Crippen molar-refractivity contribution in [3.8, 4) is 11.5 Å². The highest BCUT2D eigenvalue weighted by molar-refractivity contribution is 6.03. The summed E-state index contributed by atoms with van der Waals surface area (Å²) in [7, 11) is 4.80. The summed E-state index contributed by atoms with van der Waals surface area (Å²) in [6.45, 7) is 4.87. The molecule has 2 amide bonds. The molecule has 2 aromatic carbocycles. The average Bonchev–Trinajstić information content (AvgIpc) is 3.63. The van der Waals surface area contributed by atoms with Crippen molar-refractivity contribution < 1.29 is 23.8 Å². The monoisotopic (exact) mass is 521 g/mol. The number of carbonyl (C=O) groups is 2. The molecule has 0 saturated heterocycles. The standard InChI is InChI=1S/C30H39N3O5/c1-20-10-11-23(16-21(20)2)25-18-26(24-12-13-27(37-4)28(17-24)38-5)33(31-25)29(34)19-32(14-15-36-3)30(35)22-8-6-7-9-22/h10-13,16-17,22,26H,6-9,14-15,18-19H2,1-5H3/t26-/m1/s1. The van der Waals surface area contributed by atoms with Crippen LogP contribution in [0.4, 0.5) is 0 Å². The molecule has 8 nitrogen and oxygen atoms in total. The van der Waals surface area contributed by atoms with E-state index in [1.807, 2.05) is 18.2 Å². The lowest BCUT2D eigenvalue weighted by molar-refractivity contribution is -0.144. The zero-order valence-corrected chi connectivity index (χ0v) is 23.2. The fourth-order valence-corrected chi connectivity index (χ4v) is 5.29. The van der Waals surface area contributed by atoms with Crippen LogP contribution < -0.4 is 9.47 Å². The molecule has 1 aliphatic heterocycles. The van der Waals surface area contributed by atoms with Crippen LogP contribution in [0.1, 0.15) is 60.4 Å². The molecule has 1 heterocycles. The van der Waals surface area contributed by atoms with E-state index in [1.165, 1.54) is 11.1 Å². The van der Waals surface area contributed by atoms with Gasteiger partial charge in [-0.15, -0.1) is 0 Å². The Hall–Kier alpha value is -3.39. The van der Waals surface area contributed by atoms with Crippen LogP contribution in [0.2, 0.25) is 0 Å². The van der Waals surface area contributed by atoms with Gasteiger partial charge in [0.2, 0.25) is 5.91 Å². The quantitative estimate of drug-likeness (QED) is 0.454. The van der Waals surface area contributed by atoms with Gasteiger partial charge in [0, 0.05) is 26.0 Å². The third kappa shape index (κ3) is 6.01. The van der Waals surface area contributed by atoms with Gasteiger partial charge in [0.1, 0.15) is 6.54 Å². The normalized spacial score (nSPS) is 17.4. The number of hydrogen-bond acceptors (Lipinski definition) is 6. The third-order valence-electron chi connectivity index (χ3n) is 7.71. The molecule has 1 saturated carbocycles. The van der Waals surface area contributed by atoms with E-state index in [-0.39, 0.29) is 30.3 Å². The average molecular weight is 522 g/mol. The van der Waals surface area contributed by atoms with Crippen LogP contribution in [0.3, 0.4) is 0 Å². The predicted molar refractivity (Wildman–Crippen MR) is 147 cm³/mol. The van der Waals surface area contributed by atoms with E-state index in [0.29, 0.717) is 31.1 Å². The van der Waals surface area contributed by atoms with Crippen molar-refractivity contribution in [2.75, 3.05) is 41.0 Å². The summed E-state index contributed by atoms with van der Waals surface area (Å²) in [5.41, 5.74) is 5.10. The van der Waals surface area contributed by atoms with Crippen molar-refractivity contribution in [3.63, 3.8) is 0 Å². The molecule has 0 unspecified atom stereocenters. The van der Waals surface area contributed by atoms with Crippen LogP contribution in [-0.4, -0.2) is 68.5 Å². The Balaban J connectivity index is 1.65. The van der Waals surface area contributed by atoms with Gasteiger partial charge in [-0.3, -0.25) is 9.59 Å². The lowest BCUT2D eigenvalue weighted by Gasteiger charge is -2.28. The van der Waals surface area contributed by atoms with Gasteiger partial charge in [0.15, 0.2) is 11.5 Å². The molecule has 1 fully saturated rings. The SMILES string of the molecule is COCCN(CC(=O)N1N=C(c2ccc(C)c(C)c2)C[C@@H]1c1ccc(OC)c(OC)c1)C(=O)C1CCCC1. The zero-order valence-electron chi connectivity index (χ0n) is 23.2. The van der Waals surface area contributed by atoms with Crippen molar-refractivity contribution in [1.82, 2.24) is 9.91 Å². The highest BCUT2D eigenvalue weighted by Gasteiger charge is 2.36. The smallest absolute Gasteiger partial charge is 0.262 e. The first-order chi connectivity index (χ1) is 18.4. The minimum Gasteiger partial charge on any atom is -0.493 e. The molecule has 1 aliphatic carbocycles. The van der Waals surface area contributed by atoms with Crippen LogP contribution in [0.15, 0.2) is 41.5 Å². The summed E-state index contributed by atoms with van der Waals surface area (Å²) in [6, 6.07) is 11.6. The molecule has 4 rings (SSSR count). The number of aryl methyl sites for hydroxylation is 2. The minimum atomic E-state index is -0.329. The Kier molecular flexibility index (Phi) is 9.05. The highest BCUT2D eigenvalue weighted by Crippen LogP contribution is 2.38. The van der Waals surface area contributed by atoms with Gasteiger partial charge in [-0.05, 0) is 67.1 Å². The Morgan fingerprint density at radius 2 is 1.71 bits per heavy atom. The van der Waals surface area contributed by atoms with Gasteiger partial charge in [-0.1, -0.05) is 31.0 Å². The topological polar surface area (TPSA) is 80.7 Å². The summed E-state index contributed by atoms with van der Waals surface area (Å²) >= 11 is 0. The van der Waals surface area contributed by atoms with Crippen LogP contribution in [0.5, 0.6) is 11.5 Å². The summed E-state index contributed by atoms with van der Waals surface area (Å²) in [5, 5.41) is 6.38. The van der Waals surface area contributed by atoms with Crippen LogP contribution in [0, 0.1) is 19.8 Å².